The van der Waals surface area contributed by atoms with Gasteiger partial charge in [-0.3, -0.25) is 4.79 Å². The number of ether oxygens (including phenoxy) is 1. The standard InChI is InChI=1S/C18H20FNO4S/c1-13(16-9-4-5-10-17(16)24-3)20(2)18(21)12-25(22,23)15-8-6-7-14(19)11-15/h4-11,13H,12H2,1-3H3/t13-/m1/s1. The van der Waals surface area contributed by atoms with E-state index >= 15 is 0 Å². The first-order valence-electron chi connectivity index (χ1n) is 7.63. The van der Waals surface area contributed by atoms with Gasteiger partial charge in [-0.1, -0.05) is 24.3 Å². The number of sulfone groups is 1. The van der Waals surface area contributed by atoms with E-state index in [0.29, 0.717) is 5.75 Å². The molecule has 25 heavy (non-hydrogen) atoms. The third-order valence-electron chi connectivity index (χ3n) is 4.03. The summed E-state index contributed by atoms with van der Waals surface area (Å²) >= 11 is 0. The second-order valence-corrected chi connectivity index (χ2v) is 7.63. The van der Waals surface area contributed by atoms with Gasteiger partial charge in [-0.25, -0.2) is 12.8 Å². The third kappa shape index (κ3) is 4.36. The highest BCUT2D eigenvalue weighted by atomic mass is 32.2. The van der Waals surface area contributed by atoms with Crippen LogP contribution in [0.1, 0.15) is 18.5 Å². The van der Waals surface area contributed by atoms with Crippen molar-refractivity contribution in [2.75, 3.05) is 19.9 Å². The maximum atomic E-state index is 13.3. The van der Waals surface area contributed by atoms with Gasteiger partial charge in [-0.2, -0.15) is 0 Å². The van der Waals surface area contributed by atoms with Gasteiger partial charge in [-0.05, 0) is 31.2 Å². The van der Waals surface area contributed by atoms with E-state index in [1.165, 1.54) is 31.2 Å². The summed E-state index contributed by atoms with van der Waals surface area (Å²) in [6, 6.07) is 11.5. The number of hydrogen-bond acceptors (Lipinski definition) is 4. The number of methoxy groups -OCH3 is 1. The zero-order chi connectivity index (χ0) is 18.6. The summed E-state index contributed by atoms with van der Waals surface area (Å²) in [6.07, 6.45) is 0. The molecule has 5 nitrogen and oxygen atoms in total. The van der Waals surface area contributed by atoms with Crippen LogP contribution in [0.2, 0.25) is 0 Å². The summed E-state index contributed by atoms with van der Waals surface area (Å²) in [5, 5.41) is 0. The molecule has 0 heterocycles. The lowest BCUT2D eigenvalue weighted by Gasteiger charge is -2.26. The molecule has 0 bridgehead atoms. The minimum Gasteiger partial charge on any atom is -0.496 e. The molecule has 2 aromatic rings. The maximum Gasteiger partial charge on any atom is 0.238 e. The van der Waals surface area contributed by atoms with Gasteiger partial charge in [0.1, 0.15) is 17.3 Å². The van der Waals surface area contributed by atoms with Gasteiger partial charge in [0, 0.05) is 12.6 Å². The van der Waals surface area contributed by atoms with Crippen LogP contribution in [0.25, 0.3) is 0 Å². The summed E-state index contributed by atoms with van der Waals surface area (Å²) in [5.74, 6) is -1.36. The zero-order valence-corrected chi connectivity index (χ0v) is 15.1. The van der Waals surface area contributed by atoms with Crippen LogP contribution < -0.4 is 4.74 Å². The Kier molecular flexibility index (Phi) is 5.79. The van der Waals surface area contributed by atoms with Gasteiger partial charge in [0.2, 0.25) is 5.91 Å². The molecule has 0 aliphatic rings. The number of nitrogens with zero attached hydrogens (tertiary/aromatic N) is 1. The number of hydrogen-bond donors (Lipinski definition) is 0. The van der Waals surface area contributed by atoms with E-state index in [-0.39, 0.29) is 10.9 Å². The molecule has 0 saturated heterocycles. The fourth-order valence-electron chi connectivity index (χ4n) is 2.44. The second-order valence-electron chi connectivity index (χ2n) is 5.64. The fourth-order valence-corrected chi connectivity index (χ4v) is 3.72. The molecular formula is C18H20FNO4S. The number of amides is 1. The third-order valence-corrected chi connectivity index (χ3v) is 5.63. The van der Waals surface area contributed by atoms with Gasteiger partial charge in [0.05, 0.1) is 18.0 Å². The van der Waals surface area contributed by atoms with Crippen molar-refractivity contribution >= 4 is 15.7 Å². The highest BCUT2D eigenvalue weighted by Crippen LogP contribution is 2.28. The predicted molar refractivity (Wildman–Crippen MR) is 92.6 cm³/mol. The van der Waals surface area contributed by atoms with Crippen LogP contribution in [0.15, 0.2) is 53.4 Å². The van der Waals surface area contributed by atoms with Crippen LogP contribution >= 0.6 is 0 Å². The van der Waals surface area contributed by atoms with Crippen molar-refractivity contribution in [3.8, 4) is 5.75 Å². The largest absolute Gasteiger partial charge is 0.496 e. The number of para-hydroxylation sites is 1. The van der Waals surface area contributed by atoms with Crippen molar-refractivity contribution in [1.82, 2.24) is 4.90 Å². The van der Waals surface area contributed by atoms with E-state index in [1.54, 1.807) is 13.0 Å². The molecule has 7 heteroatoms. The molecule has 2 rings (SSSR count). The Balaban J connectivity index is 2.19. The number of benzene rings is 2. The fraction of sp³-hybridized carbons (Fsp3) is 0.278. The monoisotopic (exact) mass is 365 g/mol. The second kappa shape index (κ2) is 7.65. The molecule has 0 unspecified atom stereocenters. The van der Waals surface area contributed by atoms with E-state index in [2.05, 4.69) is 0 Å². The molecule has 1 atom stereocenters. The average molecular weight is 365 g/mol. The van der Waals surface area contributed by atoms with Crippen molar-refractivity contribution in [2.24, 2.45) is 0 Å². The average Bonchev–Trinajstić information content (AvgIpc) is 2.60. The Morgan fingerprint density at radius 1 is 1.20 bits per heavy atom. The number of carbonyl (C=O) groups is 1. The molecule has 0 radical (unpaired) electrons. The topological polar surface area (TPSA) is 63.7 Å². The first-order valence-corrected chi connectivity index (χ1v) is 9.28. The molecule has 0 fully saturated rings. The van der Waals surface area contributed by atoms with Gasteiger partial charge in [0.25, 0.3) is 0 Å². The van der Waals surface area contributed by atoms with Crippen molar-refractivity contribution in [3.05, 3.63) is 59.9 Å². The van der Waals surface area contributed by atoms with E-state index in [9.17, 15) is 17.6 Å². The number of carbonyl (C=O) groups excluding carboxylic acids is 1. The Morgan fingerprint density at radius 3 is 2.52 bits per heavy atom. The van der Waals surface area contributed by atoms with E-state index in [1.807, 2.05) is 18.2 Å². The molecule has 0 aromatic heterocycles. The van der Waals surface area contributed by atoms with Gasteiger partial charge in [-0.15, -0.1) is 0 Å². The van der Waals surface area contributed by atoms with Crippen molar-refractivity contribution < 1.29 is 22.3 Å². The summed E-state index contributed by atoms with van der Waals surface area (Å²) in [4.78, 5) is 13.6. The summed E-state index contributed by atoms with van der Waals surface area (Å²) in [6.45, 7) is 1.78. The van der Waals surface area contributed by atoms with Crippen LogP contribution in [0, 0.1) is 5.82 Å². The van der Waals surface area contributed by atoms with Crippen molar-refractivity contribution in [1.29, 1.82) is 0 Å². The molecule has 134 valence electrons. The van der Waals surface area contributed by atoms with E-state index in [4.69, 9.17) is 4.74 Å². The number of rotatable bonds is 6. The lowest BCUT2D eigenvalue weighted by atomic mass is 10.1. The molecule has 0 saturated carbocycles. The summed E-state index contributed by atoms with van der Waals surface area (Å²) in [7, 11) is -0.863. The Labute approximate surface area is 147 Å². The van der Waals surface area contributed by atoms with Crippen LogP contribution in [-0.4, -0.2) is 39.1 Å². The molecule has 0 spiro atoms. The van der Waals surface area contributed by atoms with E-state index < -0.39 is 27.3 Å². The van der Waals surface area contributed by atoms with Gasteiger partial charge in [0.15, 0.2) is 9.84 Å². The van der Waals surface area contributed by atoms with E-state index in [0.717, 1.165) is 17.7 Å². The predicted octanol–water partition coefficient (Wildman–Crippen LogP) is 2.83. The van der Waals surface area contributed by atoms with Crippen LogP contribution in [0.5, 0.6) is 5.75 Å². The van der Waals surface area contributed by atoms with Crippen LogP contribution in [0.3, 0.4) is 0 Å². The minimum absolute atomic E-state index is 0.209. The molecule has 2 aromatic carbocycles. The van der Waals surface area contributed by atoms with Crippen LogP contribution in [-0.2, 0) is 14.6 Å². The maximum absolute atomic E-state index is 13.3. The molecule has 0 N–H and O–H groups in total. The SMILES string of the molecule is COc1ccccc1[C@@H](C)N(C)C(=O)CS(=O)(=O)c1cccc(F)c1. The highest BCUT2D eigenvalue weighted by Gasteiger charge is 2.26. The Morgan fingerprint density at radius 2 is 1.88 bits per heavy atom. The first-order chi connectivity index (χ1) is 11.8. The normalized spacial score (nSPS) is 12.5. The lowest BCUT2D eigenvalue weighted by molar-refractivity contribution is -0.129. The molecular weight excluding hydrogens is 345 g/mol. The summed E-state index contributed by atoms with van der Waals surface area (Å²) in [5.41, 5.74) is 0.768. The smallest absolute Gasteiger partial charge is 0.238 e. The number of halogens is 1. The Bertz CT molecular complexity index is 867. The Hall–Kier alpha value is -2.41. The minimum atomic E-state index is -3.92. The van der Waals surface area contributed by atoms with Gasteiger partial charge >= 0.3 is 0 Å². The molecule has 0 aliphatic carbocycles. The highest BCUT2D eigenvalue weighted by molar-refractivity contribution is 7.92. The zero-order valence-electron chi connectivity index (χ0n) is 14.3. The van der Waals surface area contributed by atoms with Crippen LogP contribution in [0.4, 0.5) is 4.39 Å². The first kappa shape index (κ1) is 18.9. The quantitative estimate of drug-likeness (QED) is 0.790. The lowest BCUT2D eigenvalue weighted by Crippen LogP contribution is -2.34. The van der Waals surface area contributed by atoms with Gasteiger partial charge < -0.3 is 9.64 Å². The summed E-state index contributed by atoms with van der Waals surface area (Å²) < 4.78 is 43.2. The van der Waals surface area contributed by atoms with Crippen molar-refractivity contribution in [3.63, 3.8) is 0 Å². The molecule has 0 aliphatic heterocycles. The van der Waals surface area contributed by atoms with Crippen molar-refractivity contribution in [2.45, 2.75) is 17.9 Å². The molecule has 1 amide bonds.